The molecule has 1 fully saturated rings. The SMILES string of the molecule is CC(C)(Oc1ccc2c(c1)CCC2)C(=O)N[C@@H]1CCOC[C@H]1O. The van der Waals surface area contributed by atoms with Crippen LogP contribution in [0.4, 0.5) is 0 Å². The van der Waals surface area contributed by atoms with E-state index >= 15 is 0 Å². The van der Waals surface area contributed by atoms with E-state index in [9.17, 15) is 9.90 Å². The van der Waals surface area contributed by atoms with Crippen LogP contribution in [0.15, 0.2) is 18.2 Å². The molecule has 0 aromatic heterocycles. The van der Waals surface area contributed by atoms with Gasteiger partial charge in [0.05, 0.1) is 18.8 Å². The topological polar surface area (TPSA) is 67.8 Å². The summed E-state index contributed by atoms with van der Waals surface area (Å²) in [5.74, 6) is 0.502. The number of ether oxygens (including phenoxy) is 2. The maximum absolute atomic E-state index is 12.5. The van der Waals surface area contributed by atoms with Gasteiger partial charge in [0.1, 0.15) is 5.75 Å². The number of aliphatic hydroxyl groups excluding tert-OH is 1. The normalized spacial score (nSPS) is 24.1. The Labute approximate surface area is 137 Å². The minimum atomic E-state index is -0.995. The third-order valence-electron chi connectivity index (χ3n) is 4.63. The molecule has 2 aliphatic rings. The van der Waals surface area contributed by atoms with Gasteiger partial charge >= 0.3 is 0 Å². The molecular weight excluding hydrogens is 294 g/mol. The maximum atomic E-state index is 12.5. The molecule has 0 radical (unpaired) electrons. The Morgan fingerprint density at radius 3 is 2.91 bits per heavy atom. The van der Waals surface area contributed by atoms with Crippen LogP contribution >= 0.6 is 0 Å². The molecule has 1 amide bonds. The molecule has 2 N–H and O–H groups in total. The third-order valence-corrected chi connectivity index (χ3v) is 4.63. The van der Waals surface area contributed by atoms with Crippen LogP contribution in [0.5, 0.6) is 5.75 Å². The zero-order valence-corrected chi connectivity index (χ0v) is 13.8. The lowest BCUT2D eigenvalue weighted by atomic mass is 10.0. The Morgan fingerprint density at radius 1 is 1.35 bits per heavy atom. The Balaban J connectivity index is 1.64. The van der Waals surface area contributed by atoms with Gasteiger partial charge in [-0.05, 0) is 62.8 Å². The first-order valence-corrected chi connectivity index (χ1v) is 8.33. The molecule has 0 spiro atoms. The molecule has 1 aliphatic carbocycles. The summed E-state index contributed by atoms with van der Waals surface area (Å²) in [4.78, 5) is 12.5. The van der Waals surface area contributed by atoms with Gasteiger partial charge < -0.3 is 19.9 Å². The van der Waals surface area contributed by atoms with Gasteiger partial charge in [0.25, 0.3) is 5.91 Å². The van der Waals surface area contributed by atoms with E-state index in [0.29, 0.717) is 13.0 Å². The zero-order chi connectivity index (χ0) is 16.4. The lowest BCUT2D eigenvalue weighted by molar-refractivity contribution is -0.137. The predicted molar refractivity (Wildman–Crippen MR) is 86.5 cm³/mol. The summed E-state index contributed by atoms with van der Waals surface area (Å²) in [7, 11) is 0. The van der Waals surface area contributed by atoms with Crippen molar-refractivity contribution < 1.29 is 19.4 Å². The minimum Gasteiger partial charge on any atom is -0.478 e. The van der Waals surface area contributed by atoms with Gasteiger partial charge in [0.15, 0.2) is 5.60 Å². The first-order chi connectivity index (χ1) is 11.0. The molecule has 1 aliphatic heterocycles. The van der Waals surface area contributed by atoms with Crippen LogP contribution < -0.4 is 10.1 Å². The molecule has 0 saturated carbocycles. The second-order valence-electron chi connectivity index (χ2n) is 6.91. The lowest BCUT2D eigenvalue weighted by Gasteiger charge is -2.32. The van der Waals surface area contributed by atoms with E-state index in [0.717, 1.165) is 18.6 Å². The Kier molecular flexibility index (Phi) is 4.60. The molecule has 23 heavy (non-hydrogen) atoms. The third kappa shape index (κ3) is 3.67. The van der Waals surface area contributed by atoms with Crippen LogP contribution in [0, 0.1) is 0 Å². The number of carbonyl (C=O) groups is 1. The van der Waals surface area contributed by atoms with Crippen LogP contribution in [0.2, 0.25) is 0 Å². The summed E-state index contributed by atoms with van der Waals surface area (Å²) in [6.45, 7) is 4.31. The average molecular weight is 319 g/mol. The lowest BCUT2D eigenvalue weighted by Crippen LogP contribution is -2.55. The number of rotatable bonds is 4. The average Bonchev–Trinajstić information content (AvgIpc) is 2.96. The molecule has 1 aromatic rings. The van der Waals surface area contributed by atoms with Crippen molar-refractivity contribution in [3.05, 3.63) is 29.3 Å². The van der Waals surface area contributed by atoms with E-state index in [4.69, 9.17) is 9.47 Å². The number of aryl methyl sites for hydroxylation is 2. The van der Waals surface area contributed by atoms with Crippen molar-refractivity contribution in [2.24, 2.45) is 0 Å². The van der Waals surface area contributed by atoms with Crippen LogP contribution in [0.1, 0.15) is 37.8 Å². The molecule has 2 atom stereocenters. The van der Waals surface area contributed by atoms with Crippen LogP contribution in [0.3, 0.4) is 0 Å². The van der Waals surface area contributed by atoms with Gasteiger partial charge in [0.2, 0.25) is 0 Å². The smallest absolute Gasteiger partial charge is 0.263 e. The van der Waals surface area contributed by atoms with E-state index in [-0.39, 0.29) is 18.6 Å². The molecule has 0 bridgehead atoms. The van der Waals surface area contributed by atoms with E-state index in [1.807, 2.05) is 12.1 Å². The van der Waals surface area contributed by atoms with E-state index in [2.05, 4.69) is 11.4 Å². The number of fused-ring (bicyclic) bond motifs is 1. The highest BCUT2D eigenvalue weighted by Gasteiger charge is 2.34. The van der Waals surface area contributed by atoms with Crippen LogP contribution in [0.25, 0.3) is 0 Å². The van der Waals surface area contributed by atoms with Crippen molar-refractivity contribution in [3.63, 3.8) is 0 Å². The monoisotopic (exact) mass is 319 g/mol. The van der Waals surface area contributed by atoms with Gasteiger partial charge in [-0.15, -0.1) is 0 Å². The van der Waals surface area contributed by atoms with Crippen molar-refractivity contribution in [1.29, 1.82) is 0 Å². The highest BCUT2D eigenvalue weighted by molar-refractivity contribution is 5.85. The molecule has 5 heteroatoms. The second kappa shape index (κ2) is 6.49. The fourth-order valence-corrected chi connectivity index (χ4v) is 3.19. The van der Waals surface area contributed by atoms with Crippen molar-refractivity contribution >= 4 is 5.91 Å². The first-order valence-electron chi connectivity index (χ1n) is 8.33. The van der Waals surface area contributed by atoms with Gasteiger partial charge in [-0.1, -0.05) is 6.07 Å². The Morgan fingerprint density at radius 2 is 2.13 bits per heavy atom. The summed E-state index contributed by atoms with van der Waals surface area (Å²) in [5.41, 5.74) is 1.70. The number of hydrogen-bond donors (Lipinski definition) is 2. The molecular formula is C18H25NO4. The molecule has 1 saturated heterocycles. The highest BCUT2D eigenvalue weighted by Crippen LogP contribution is 2.28. The zero-order valence-electron chi connectivity index (χ0n) is 13.8. The number of benzene rings is 1. The minimum absolute atomic E-state index is 0.219. The molecule has 126 valence electrons. The fraction of sp³-hybridized carbons (Fsp3) is 0.611. The Bertz CT molecular complexity index is 584. The Hall–Kier alpha value is -1.59. The van der Waals surface area contributed by atoms with Crippen LogP contribution in [-0.2, 0) is 22.4 Å². The first kappa shape index (κ1) is 16.3. The van der Waals surface area contributed by atoms with Gasteiger partial charge in [-0.3, -0.25) is 4.79 Å². The van der Waals surface area contributed by atoms with Gasteiger partial charge in [-0.25, -0.2) is 0 Å². The van der Waals surface area contributed by atoms with Crippen molar-refractivity contribution in [2.75, 3.05) is 13.2 Å². The number of amides is 1. The number of nitrogens with one attached hydrogen (secondary N) is 1. The fourth-order valence-electron chi connectivity index (χ4n) is 3.19. The van der Waals surface area contributed by atoms with E-state index < -0.39 is 11.7 Å². The largest absolute Gasteiger partial charge is 0.478 e. The number of carbonyl (C=O) groups excluding carboxylic acids is 1. The molecule has 3 rings (SSSR count). The molecule has 1 aromatic carbocycles. The van der Waals surface area contributed by atoms with Crippen molar-refractivity contribution in [2.45, 2.75) is 57.3 Å². The summed E-state index contributed by atoms with van der Waals surface area (Å²) in [6.07, 6.45) is 3.34. The van der Waals surface area contributed by atoms with Crippen molar-refractivity contribution in [1.82, 2.24) is 5.32 Å². The molecule has 0 unspecified atom stereocenters. The van der Waals surface area contributed by atoms with Crippen molar-refractivity contribution in [3.8, 4) is 5.75 Å². The standard InChI is InChI=1S/C18H25NO4/c1-18(2,17(21)19-15-8-9-22-11-16(15)20)23-14-7-6-12-4-3-5-13(12)10-14/h6-7,10,15-16,20H,3-5,8-9,11H2,1-2H3,(H,19,21)/t15-,16-/m1/s1. The molecule has 1 heterocycles. The van der Waals surface area contributed by atoms with Gasteiger partial charge in [-0.2, -0.15) is 0 Å². The maximum Gasteiger partial charge on any atom is 0.263 e. The highest BCUT2D eigenvalue weighted by atomic mass is 16.5. The van der Waals surface area contributed by atoms with E-state index in [1.54, 1.807) is 13.8 Å². The van der Waals surface area contributed by atoms with E-state index in [1.165, 1.54) is 17.5 Å². The van der Waals surface area contributed by atoms with Crippen LogP contribution in [-0.4, -0.2) is 42.0 Å². The summed E-state index contributed by atoms with van der Waals surface area (Å²) < 4.78 is 11.1. The second-order valence-corrected chi connectivity index (χ2v) is 6.91. The summed E-state index contributed by atoms with van der Waals surface area (Å²) in [6, 6.07) is 5.79. The number of aliphatic hydroxyl groups is 1. The summed E-state index contributed by atoms with van der Waals surface area (Å²) in [5, 5.41) is 12.8. The summed E-state index contributed by atoms with van der Waals surface area (Å²) >= 11 is 0. The van der Waals surface area contributed by atoms with Gasteiger partial charge in [0, 0.05) is 6.61 Å². The molecule has 5 nitrogen and oxygen atoms in total. The predicted octanol–water partition coefficient (Wildman–Crippen LogP) is 1.60. The number of hydrogen-bond acceptors (Lipinski definition) is 4. The quantitative estimate of drug-likeness (QED) is 0.884.